The second-order valence-corrected chi connectivity index (χ2v) is 10.7. The number of aryl methyl sites for hydroxylation is 1. The van der Waals surface area contributed by atoms with Crippen LogP contribution in [0.2, 0.25) is 0 Å². The predicted octanol–water partition coefficient (Wildman–Crippen LogP) is 6.28. The highest BCUT2D eigenvalue weighted by Crippen LogP contribution is 2.43. The molecule has 0 spiro atoms. The topological polar surface area (TPSA) is 95.9 Å². The number of ether oxygens (including phenoxy) is 1. The standard InChI is InChI=1S/C32H34N2O5/c1-7-39-26-16-13-22(17-19(26)2)29(36)27-28(21-11-14-23(15-12-21)32(4,5)6)34(31(38)30(27)37)25-10-8-9-24(18-25)33-20(3)35/h8-18,28,36H,7H2,1-6H3,(H,33,35)/b29-27+. The van der Waals surface area contributed by atoms with Gasteiger partial charge in [0.1, 0.15) is 11.5 Å². The average molecular weight is 527 g/mol. The molecule has 202 valence electrons. The first-order valence-electron chi connectivity index (χ1n) is 12.9. The molecule has 7 nitrogen and oxygen atoms in total. The second kappa shape index (κ2) is 10.8. The van der Waals surface area contributed by atoms with Crippen LogP contribution < -0.4 is 15.0 Å². The smallest absolute Gasteiger partial charge is 0.300 e. The lowest BCUT2D eigenvalue weighted by molar-refractivity contribution is -0.132. The van der Waals surface area contributed by atoms with Crippen LogP contribution in [0.5, 0.6) is 5.75 Å². The molecule has 3 aromatic rings. The van der Waals surface area contributed by atoms with Crippen LogP contribution in [-0.2, 0) is 19.8 Å². The summed E-state index contributed by atoms with van der Waals surface area (Å²) in [6.45, 7) is 12.0. The van der Waals surface area contributed by atoms with Crippen LogP contribution >= 0.6 is 0 Å². The number of hydrogen-bond acceptors (Lipinski definition) is 5. The maximum atomic E-state index is 13.5. The van der Waals surface area contributed by atoms with Gasteiger partial charge >= 0.3 is 0 Å². The number of aliphatic hydroxyl groups is 1. The Kier molecular flexibility index (Phi) is 7.63. The number of carbonyl (C=O) groups excluding carboxylic acids is 3. The number of nitrogens with zero attached hydrogens (tertiary/aromatic N) is 1. The predicted molar refractivity (Wildman–Crippen MR) is 153 cm³/mol. The van der Waals surface area contributed by atoms with Crippen molar-refractivity contribution in [2.45, 2.75) is 53.0 Å². The monoisotopic (exact) mass is 526 g/mol. The van der Waals surface area contributed by atoms with E-state index in [0.29, 0.717) is 34.9 Å². The number of aliphatic hydroxyl groups excluding tert-OH is 1. The average Bonchev–Trinajstić information content (AvgIpc) is 3.14. The van der Waals surface area contributed by atoms with Gasteiger partial charge < -0.3 is 15.2 Å². The molecule has 1 heterocycles. The number of hydrogen-bond donors (Lipinski definition) is 2. The Balaban J connectivity index is 1.91. The van der Waals surface area contributed by atoms with E-state index in [1.807, 2.05) is 38.1 Å². The van der Waals surface area contributed by atoms with Crippen molar-refractivity contribution in [3.8, 4) is 5.75 Å². The third kappa shape index (κ3) is 5.58. The SMILES string of the molecule is CCOc1ccc(/C(O)=C2\C(=O)C(=O)N(c3cccc(NC(C)=O)c3)C2c2ccc(C(C)(C)C)cc2)cc1C. The molecule has 1 fully saturated rings. The molecule has 7 heteroatoms. The van der Waals surface area contributed by atoms with Crippen LogP contribution in [0.25, 0.3) is 5.76 Å². The molecular weight excluding hydrogens is 492 g/mol. The van der Waals surface area contributed by atoms with Crippen molar-refractivity contribution in [3.63, 3.8) is 0 Å². The van der Waals surface area contributed by atoms with Gasteiger partial charge in [-0.25, -0.2) is 0 Å². The van der Waals surface area contributed by atoms with Crippen molar-refractivity contribution in [2.75, 3.05) is 16.8 Å². The zero-order chi connectivity index (χ0) is 28.5. The van der Waals surface area contributed by atoms with Crippen LogP contribution in [0.15, 0.2) is 72.3 Å². The van der Waals surface area contributed by atoms with Gasteiger partial charge in [-0.2, -0.15) is 0 Å². The number of ketones is 1. The van der Waals surface area contributed by atoms with E-state index in [0.717, 1.165) is 11.1 Å². The molecule has 3 aromatic carbocycles. The molecular formula is C32H34N2O5. The molecule has 4 rings (SSSR count). The number of amides is 2. The lowest BCUT2D eigenvalue weighted by atomic mass is 9.85. The van der Waals surface area contributed by atoms with Crippen molar-refractivity contribution >= 4 is 34.7 Å². The number of carbonyl (C=O) groups is 3. The van der Waals surface area contributed by atoms with E-state index in [-0.39, 0.29) is 22.7 Å². The molecule has 2 amide bonds. The van der Waals surface area contributed by atoms with E-state index < -0.39 is 17.7 Å². The molecule has 1 aliphatic rings. The molecule has 0 aromatic heterocycles. The lowest BCUT2D eigenvalue weighted by Crippen LogP contribution is -2.29. The molecule has 1 saturated heterocycles. The van der Waals surface area contributed by atoms with Gasteiger partial charge in [0.05, 0.1) is 18.2 Å². The van der Waals surface area contributed by atoms with E-state index in [1.165, 1.54) is 11.8 Å². The summed E-state index contributed by atoms with van der Waals surface area (Å²) >= 11 is 0. The Bertz CT molecular complexity index is 1460. The molecule has 1 aliphatic heterocycles. The summed E-state index contributed by atoms with van der Waals surface area (Å²) in [5, 5.41) is 14.2. The Labute approximate surface area is 229 Å². The molecule has 1 unspecified atom stereocenters. The van der Waals surface area contributed by atoms with Crippen LogP contribution in [-0.4, -0.2) is 29.3 Å². The van der Waals surface area contributed by atoms with Gasteiger partial charge in [-0.15, -0.1) is 0 Å². The number of rotatable bonds is 6. The molecule has 2 N–H and O–H groups in total. The summed E-state index contributed by atoms with van der Waals surface area (Å²) in [6.07, 6.45) is 0. The third-order valence-electron chi connectivity index (χ3n) is 6.73. The van der Waals surface area contributed by atoms with Crippen molar-refractivity contribution < 1.29 is 24.2 Å². The maximum absolute atomic E-state index is 13.5. The largest absolute Gasteiger partial charge is 0.507 e. The van der Waals surface area contributed by atoms with E-state index in [1.54, 1.807) is 42.5 Å². The number of benzene rings is 3. The first kappa shape index (κ1) is 27.6. The normalized spacial score (nSPS) is 16.9. The van der Waals surface area contributed by atoms with Crippen LogP contribution in [0, 0.1) is 6.92 Å². The van der Waals surface area contributed by atoms with E-state index in [2.05, 4.69) is 26.1 Å². The van der Waals surface area contributed by atoms with Crippen molar-refractivity contribution in [1.29, 1.82) is 0 Å². The Hall–Kier alpha value is -4.39. The van der Waals surface area contributed by atoms with Gasteiger partial charge in [0, 0.05) is 23.9 Å². The molecule has 0 aliphatic carbocycles. The van der Waals surface area contributed by atoms with E-state index in [9.17, 15) is 19.5 Å². The molecule has 39 heavy (non-hydrogen) atoms. The van der Waals surface area contributed by atoms with Crippen molar-refractivity contribution in [3.05, 3.63) is 94.6 Å². The highest BCUT2D eigenvalue weighted by molar-refractivity contribution is 6.51. The summed E-state index contributed by atoms with van der Waals surface area (Å²) in [5.74, 6) is -1.38. The number of anilines is 2. The zero-order valence-corrected chi connectivity index (χ0v) is 23.2. The maximum Gasteiger partial charge on any atom is 0.300 e. The fourth-order valence-electron chi connectivity index (χ4n) is 4.79. The Morgan fingerprint density at radius 2 is 1.72 bits per heavy atom. The molecule has 0 radical (unpaired) electrons. The lowest BCUT2D eigenvalue weighted by Gasteiger charge is -2.27. The fraction of sp³-hybridized carbons (Fsp3) is 0.281. The molecule has 0 saturated carbocycles. The van der Waals surface area contributed by atoms with Gasteiger partial charge in [0.25, 0.3) is 11.7 Å². The van der Waals surface area contributed by atoms with Gasteiger partial charge in [-0.3, -0.25) is 19.3 Å². The van der Waals surface area contributed by atoms with Crippen LogP contribution in [0.3, 0.4) is 0 Å². The molecule has 0 bridgehead atoms. The first-order chi connectivity index (χ1) is 18.4. The van der Waals surface area contributed by atoms with Gasteiger partial charge in [0.15, 0.2) is 0 Å². The number of nitrogens with one attached hydrogen (secondary N) is 1. The van der Waals surface area contributed by atoms with Crippen LogP contribution in [0.1, 0.15) is 62.9 Å². The van der Waals surface area contributed by atoms with Gasteiger partial charge in [-0.1, -0.05) is 51.1 Å². The second-order valence-electron chi connectivity index (χ2n) is 10.7. The summed E-state index contributed by atoms with van der Waals surface area (Å²) < 4.78 is 5.62. The van der Waals surface area contributed by atoms with Gasteiger partial charge in [0.2, 0.25) is 5.91 Å². The highest BCUT2D eigenvalue weighted by atomic mass is 16.5. The Morgan fingerprint density at radius 3 is 2.31 bits per heavy atom. The first-order valence-corrected chi connectivity index (χ1v) is 12.9. The van der Waals surface area contributed by atoms with Crippen LogP contribution in [0.4, 0.5) is 11.4 Å². The van der Waals surface area contributed by atoms with E-state index in [4.69, 9.17) is 4.74 Å². The highest BCUT2D eigenvalue weighted by Gasteiger charge is 2.47. The Morgan fingerprint density at radius 1 is 1.03 bits per heavy atom. The summed E-state index contributed by atoms with van der Waals surface area (Å²) in [7, 11) is 0. The minimum atomic E-state index is -0.876. The number of Topliss-reactive ketones (excluding diaryl/α,β-unsaturated/α-hetero) is 1. The van der Waals surface area contributed by atoms with Gasteiger partial charge in [-0.05, 0) is 72.4 Å². The van der Waals surface area contributed by atoms with Crippen molar-refractivity contribution in [1.82, 2.24) is 0 Å². The fourth-order valence-corrected chi connectivity index (χ4v) is 4.79. The quantitative estimate of drug-likeness (QED) is 0.224. The van der Waals surface area contributed by atoms with E-state index >= 15 is 0 Å². The minimum absolute atomic E-state index is 0.00278. The summed E-state index contributed by atoms with van der Waals surface area (Å²) in [4.78, 5) is 40.1. The summed E-state index contributed by atoms with van der Waals surface area (Å²) in [5.41, 5.74) is 3.81. The third-order valence-corrected chi connectivity index (χ3v) is 6.73. The molecule has 1 atom stereocenters. The zero-order valence-electron chi connectivity index (χ0n) is 23.2. The minimum Gasteiger partial charge on any atom is -0.507 e. The van der Waals surface area contributed by atoms with Crippen molar-refractivity contribution in [2.24, 2.45) is 0 Å². The summed E-state index contributed by atoms with van der Waals surface area (Å²) in [6, 6.07) is 18.8.